The number of nitrogens with zero attached hydrogens (tertiary/aromatic N) is 1. The van der Waals surface area contributed by atoms with E-state index in [0.29, 0.717) is 5.70 Å². The molecule has 5 N–H and O–H groups in total. The molecule has 0 fully saturated rings. The first-order valence-electron chi connectivity index (χ1n) is 5.15. The standard InChI is InChI=1S/C11H18N4O/c1-8(2)11(7-16)15(13)6-9(12)10-4-3-5-14-10/h3-8,11,14H,12-13H2,1-2H3/b9-6-. The van der Waals surface area contributed by atoms with Crippen molar-refractivity contribution in [2.24, 2.45) is 17.5 Å². The third-order valence-corrected chi connectivity index (χ3v) is 2.36. The van der Waals surface area contributed by atoms with E-state index in [1.54, 1.807) is 12.4 Å². The Labute approximate surface area is 95.1 Å². The Balaban J connectivity index is 2.79. The quantitative estimate of drug-likeness (QED) is 0.388. The molecule has 0 saturated carbocycles. The summed E-state index contributed by atoms with van der Waals surface area (Å²) >= 11 is 0. The number of aromatic nitrogens is 1. The Hall–Kier alpha value is -1.75. The number of H-pyrrole nitrogens is 1. The van der Waals surface area contributed by atoms with Gasteiger partial charge >= 0.3 is 0 Å². The molecule has 5 heteroatoms. The molecule has 1 atom stereocenters. The summed E-state index contributed by atoms with van der Waals surface area (Å²) in [6.07, 6.45) is 4.16. The summed E-state index contributed by atoms with van der Waals surface area (Å²) in [5.41, 5.74) is 7.11. The van der Waals surface area contributed by atoms with Crippen molar-refractivity contribution in [3.05, 3.63) is 30.2 Å². The second-order valence-electron chi connectivity index (χ2n) is 3.99. The third-order valence-electron chi connectivity index (χ3n) is 2.36. The third kappa shape index (κ3) is 2.87. The lowest BCUT2D eigenvalue weighted by Gasteiger charge is -2.24. The number of nitrogens with two attached hydrogens (primary N) is 2. The number of carbonyl (C=O) groups is 1. The Bertz CT molecular complexity index is 356. The number of hydrazine groups is 1. The second kappa shape index (κ2) is 5.37. The van der Waals surface area contributed by atoms with Crippen molar-refractivity contribution in [1.29, 1.82) is 0 Å². The summed E-state index contributed by atoms with van der Waals surface area (Å²) in [7, 11) is 0. The molecule has 1 unspecified atom stereocenters. The minimum Gasteiger partial charge on any atom is -0.396 e. The highest BCUT2D eigenvalue weighted by Gasteiger charge is 2.16. The van der Waals surface area contributed by atoms with Crippen LogP contribution in [0.4, 0.5) is 0 Å². The minimum atomic E-state index is -0.367. The fourth-order valence-corrected chi connectivity index (χ4v) is 1.40. The van der Waals surface area contributed by atoms with Crippen LogP contribution >= 0.6 is 0 Å². The van der Waals surface area contributed by atoms with Crippen LogP contribution in [0.3, 0.4) is 0 Å². The van der Waals surface area contributed by atoms with Crippen LogP contribution in [-0.4, -0.2) is 22.3 Å². The smallest absolute Gasteiger partial charge is 0.144 e. The maximum Gasteiger partial charge on any atom is 0.144 e. The highest BCUT2D eigenvalue weighted by atomic mass is 16.1. The first-order chi connectivity index (χ1) is 7.56. The molecule has 0 aromatic carbocycles. The molecule has 1 heterocycles. The van der Waals surface area contributed by atoms with Crippen LogP contribution in [0, 0.1) is 5.92 Å². The number of aldehydes is 1. The lowest BCUT2D eigenvalue weighted by Crippen LogP contribution is -2.41. The maximum atomic E-state index is 10.9. The van der Waals surface area contributed by atoms with Gasteiger partial charge in [0.25, 0.3) is 0 Å². The maximum absolute atomic E-state index is 10.9. The Morgan fingerprint density at radius 3 is 2.69 bits per heavy atom. The van der Waals surface area contributed by atoms with Gasteiger partial charge in [0.1, 0.15) is 12.3 Å². The normalized spacial score (nSPS) is 13.9. The molecule has 0 saturated heterocycles. The Morgan fingerprint density at radius 2 is 2.25 bits per heavy atom. The molecule has 5 nitrogen and oxygen atoms in total. The summed E-state index contributed by atoms with van der Waals surface area (Å²) in [5, 5.41) is 1.34. The zero-order chi connectivity index (χ0) is 12.1. The summed E-state index contributed by atoms with van der Waals surface area (Å²) in [6.45, 7) is 3.86. The van der Waals surface area contributed by atoms with Gasteiger partial charge < -0.3 is 20.5 Å². The van der Waals surface area contributed by atoms with Crippen LogP contribution in [0.2, 0.25) is 0 Å². The number of hydrogen-bond donors (Lipinski definition) is 3. The van der Waals surface area contributed by atoms with Crippen molar-refractivity contribution in [1.82, 2.24) is 9.99 Å². The number of hydrogen-bond acceptors (Lipinski definition) is 4. The SMILES string of the molecule is CC(C)C(C=O)N(N)/C=C(\N)c1ccc[nH]1. The molecule has 0 spiro atoms. The first kappa shape index (κ1) is 12.3. The van der Waals surface area contributed by atoms with Gasteiger partial charge in [0.15, 0.2) is 0 Å². The molecule has 0 bridgehead atoms. The van der Waals surface area contributed by atoms with Gasteiger partial charge in [-0.15, -0.1) is 0 Å². The van der Waals surface area contributed by atoms with Gasteiger partial charge in [-0.25, -0.2) is 5.84 Å². The zero-order valence-electron chi connectivity index (χ0n) is 9.55. The molecule has 0 aliphatic rings. The van der Waals surface area contributed by atoms with Gasteiger partial charge in [-0.1, -0.05) is 13.8 Å². The van der Waals surface area contributed by atoms with E-state index in [1.165, 1.54) is 5.01 Å². The van der Waals surface area contributed by atoms with Crippen molar-refractivity contribution < 1.29 is 4.79 Å². The highest BCUT2D eigenvalue weighted by Crippen LogP contribution is 2.10. The average molecular weight is 222 g/mol. The van der Waals surface area contributed by atoms with Gasteiger partial charge in [0.05, 0.1) is 11.4 Å². The van der Waals surface area contributed by atoms with Gasteiger partial charge in [-0.2, -0.15) is 0 Å². The van der Waals surface area contributed by atoms with Crippen LogP contribution in [0.5, 0.6) is 0 Å². The van der Waals surface area contributed by atoms with Crippen molar-refractivity contribution in [3.8, 4) is 0 Å². The number of rotatable bonds is 5. The summed E-state index contributed by atoms with van der Waals surface area (Å²) in [6, 6.07) is 3.31. The highest BCUT2D eigenvalue weighted by molar-refractivity contribution is 5.62. The molecule has 0 aliphatic carbocycles. The van der Waals surface area contributed by atoms with E-state index in [4.69, 9.17) is 11.6 Å². The topological polar surface area (TPSA) is 88.1 Å². The van der Waals surface area contributed by atoms with Crippen LogP contribution in [-0.2, 0) is 4.79 Å². The molecular formula is C11H18N4O. The summed E-state index contributed by atoms with van der Waals surface area (Å²) < 4.78 is 0. The van der Waals surface area contributed by atoms with E-state index in [2.05, 4.69) is 4.98 Å². The van der Waals surface area contributed by atoms with Crippen LogP contribution in [0.1, 0.15) is 19.5 Å². The number of nitrogens with one attached hydrogen (secondary N) is 1. The molecule has 88 valence electrons. The molecular weight excluding hydrogens is 204 g/mol. The van der Waals surface area contributed by atoms with Crippen molar-refractivity contribution in [2.75, 3.05) is 0 Å². The van der Waals surface area contributed by atoms with Crippen LogP contribution in [0.25, 0.3) is 5.70 Å². The average Bonchev–Trinajstić information content (AvgIpc) is 2.70. The van der Waals surface area contributed by atoms with E-state index >= 15 is 0 Å². The van der Waals surface area contributed by atoms with E-state index in [9.17, 15) is 4.79 Å². The number of carbonyl (C=O) groups excluding carboxylic acids is 1. The molecule has 0 aliphatic heterocycles. The fraction of sp³-hybridized carbons (Fsp3) is 0.364. The molecule has 1 rings (SSSR count). The fourth-order valence-electron chi connectivity index (χ4n) is 1.40. The van der Waals surface area contributed by atoms with Crippen LogP contribution < -0.4 is 11.6 Å². The molecule has 0 amide bonds. The summed E-state index contributed by atoms with van der Waals surface area (Å²) in [5.74, 6) is 5.90. The zero-order valence-corrected chi connectivity index (χ0v) is 9.55. The molecule has 1 aromatic rings. The van der Waals surface area contributed by atoms with E-state index in [0.717, 1.165) is 12.0 Å². The van der Waals surface area contributed by atoms with E-state index in [-0.39, 0.29) is 12.0 Å². The lowest BCUT2D eigenvalue weighted by atomic mass is 10.1. The van der Waals surface area contributed by atoms with E-state index in [1.807, 2.05) is 26.0 Å². The van der Waals surface area contributed by atoms with E-state index < -0.39 is 0 Å². The summed E-state index contributed by atoms with van der Waals surface area (Å²) in [4.78, 5) is 13.8. The lowest BCUT2D eigenvalue weighted by molar-refractivity contribution is -0.112. The van der Waals surface area contributed by atoms with Gasteiger partial charge in [0.2, 0.25) is 0 Å². The predicted molar refractivity (Wildman–Crippen MR) is 63.7 cm³/mol. The number of aromatic amines is 1. The van der Waals surface area contributed by atoms with Crippen molar-refractivity contribution >= 4 is 12.0 Å². The largest absolute Gasteiger partial charge is 0.396 e. The van der Waals surface area contributed by atoms with Gasteiger partial charge in [-0.05, 0) is 18.1 Å². The Kier molecular flexibility index (Phi) is 4.13. The molecule has 1 aromatic heterocycles. The Morgan fingerprint density at radius 1 is 1.56 bits per heavy atom. The van der Waals surface area contributed by atoms with Gasteiger partial charge in [-0.3, -0.25) is 0 Å². The second-order valence-corrected chi connectivity index (χ2v) is 3.99. The minimum absolute atomic E-state index is 0.134. The molecule has 0 radical (unpaired) electrons. The first-order valence-corrected chi connectivity index (χ1v) is 5.15. The van der Waals surface area contributed by atoms with Gasteiger partial charge in [0, 0.05) is 12.4 Å². The van der Waals surface area contributed by atoms with Crippen LogP contribution in [0.15, 0.2) is 24.5 Å². The van der Waals surface area contributed by atoms with Crippen molar-refractivity contribution in [3.63, 3.8) is 0 Å². The monoisotopic (exact) mass is 222 g/mol. The molecule has 16 heavy (non-hydrogen) atoms. The predicted octanol–water partition coefficient (Wildman–Crippen LogP) is 0.671. The van der Waals surface area contributed by atoms with Crippen molar-refractivity contribution in [2.45, 2.75) is 19.9 Å².